The lowest BCUT2D eigenvalue weighted by molar-refractivity contribution is 0.716. The fraction of sp³-hybridized carbons (Fsp3) is 0.273. The van der Waals surface area contributed by atoms with Gasteiger partial charge in [-0.15, -0.1) is 5.10 Å². The van der Waals surface area contributed by atoms with Crippen LogP contribution in [-0.2, 0) is 6.42 Å². The van der Waals surface area contributed by atoms with Crippen molar-refractivity contribution in [1.82, 2.24) is 15.0 Å². The maximum absolute atomic E-state index is 5.70. The smallest absolute Gasteiger partial charge is 0.0847 e. The molecule has 0 saturated carbocycles. The summed E-state index contributed by atoms with van der Waals surface area (Å²) in [6, 6.07) is 10.0. The van der Waals surface area contributed by atoms with Crippen molar-refractivity contribution in [2.45, 2.75) is 19.4 Å². The van der Waals surface area contributed by atoms with Gasteiger partial charge in [-0.25, -0.2) is 4.68 Å². The van der Waals surface area contributed by atoms with E-state index in [-0.39, 0.29) is 6.04 Å². The van der Waals surface area contributed by atoms with Crippen LogP contribution in [0.1, 0.15) is 12.6 Å². The monoisotopic (exact) mass is 202 g/mol. The molecule has 0 aliphatic rings. The lowest BCUT2D eigenvalue weighted by atomic mass is 10.2. The quantitative estimate of drug-likeness (QED) is 0.812. The van der Waals surface area contributed by atoms with E-state index in [1.807, 2.05) is 43.5 Å². The van der Waals surface area contributed by atoms with Crippen LogP contribution >= 0.6 is 0 Å². The molecule has 1 atom stereocenters. The minimum atomic E-state index is 0.117. The van der Waals surface area contributed by atoms with Crippen LogP contribution in [0, 0.1) is 0 Å². The zero-order valence-electron chi connectivity index (χ0n) is 8.67. The molecule has 0 spiro atoms. The molecular weight excluding hydrogens is 188 g/mol. The summed E-state index contributed by atoms with van der Waals surface area (Å²) in [6.07, 6.45) is 2.67. The van der Waals surface area contributed by atoms with Crippen LogP contribution in [0.15, 0.2) is 36.5 Å². The van der Waals surface area contributed by atoms with Gasteiger partial charge in [0.05, 0.1) is 17.6 Å². The number of benzene rings is 1. The van der Waals surface area contributed by atoms with Crippen LogP contribution in [-0.4, -0.2) is 21.0 Å². The predicted molar refractivity (Wildman–Crippen MR) is 58.7 cm³/mol. The van der Waals surface area contributed by atoms with E-state index in [0.29, 0.717) is 0 Å². The van der Waals surface area contributed by atoms with E-state index in [9.17, 15) is 0 Å². The molecule has 0 bridgehead atoms. The molecule has 0 saturated heterocycles. The molecule has 0 radical (unpaired) electrons. The molecule has 0 aliphatic carbocycles. The number of hydrogen-bond donors (Lipinski definition) is 1. The third-order valence-electron chi connectivity index (χ3n) is 2.09. The second-order valence-corrected chi connectivity index (χ2v) is 3.67. The van der Waals surface area contributed by atoms with Crippen molar-refractivity contribution in [3.63, 3.8) is 0 Å². The highest BCUT2D eigenvalue weighted by molar-refractivity contribution is 5.29. The molecule has 1 aromatic heterocycles. The van der Waals surface area contributed by atoms with Crippen molar-refractivity contribution >= 4 is 0 Å². The van der Waals surface area contributed by atoms with E-state index < -0.39 is 0 Å². The third-order valence-corrected chi connectivity index (χ3v) is 2.09. The van der Waals surface area contributed by atoms with Crippen molar-refractivity contribution in [2.24, 2.45) is 5.73 Å². The van der Waals surface area contributed by atoms with E-state index in [4.69, 9.17) is 5.73 Å². The molecule has 0 aliphatic heterocycles. The molecule has 4 heteroatoms. The summed E-state index contributed by atoms with van der Waals surface area (Å²) in [4.78, 5) is 0. The molecule has 2 rings (SSSR count). The fourth-order valence-corrected chi connectivity index (χ4v) is 1.43. The van der Waals surface area contributed by atoms with Gasteiger partial charge >= 0.3 is 0 Å². The SMILES string of the molecule is CC(N)Cc1cn(-c2ccccc2)nn1. The van der Waals surface area contributed by atoms with E-state index in [2.05, 4.69) is 10.3 Å². The molecule has 0 amide bonds. The number of hydrogen-bond acceptors (Lipinski definition) is 3. The van der Waals surface area contributed by atoms with Crippen molar-refractivity contribution < 1.29 is 0 Å². The number of rotatable bonds is 3. The topological polar surface area (TPSA) is 56.7 Å². The van der Waals surface area contributed by atoms with Crippen LogP contribution in [0.4, 0.5) is 0 Å². The van der Waals surface area contributed by atoms with E-state index in [1.165, 1.54) is 0 Å². The summed E-state index contributed by atoms with van der Waals surface area (Å²) in [5.74, 6) is 0. The summed E-state index contributed by atoms with van der Waals surface area (Å²) in [5.41, 5.74) is 7.63. The van der Waals surface area contributed by atoms with Crippen LogP contribution in [0.5, 0.6) is 0 Å². The molecule has 1 unspecified atom stereocenters. The molecule has 1 aromatic carbocycles. The second-order valence-electron chi connectivity index (χ2n) is 3.67. The van der Waals surface area contributed by atoms with Gasteiger partial charge in [-0.2, -0.15) is 0 Å². The fourth-order valence-electron chi connectivity index (χ4n) is 1.43. The first-order valence-electron chi connectivity index (χ1n) is 4.98. The van der Waals surface area contributed by atoms with Crippen LogP contribution in [0.3, 0.4) is 0 Å². The Hall–Kier alpha value is -1.68. The van der Waals surface area contributed by atoms with Crippen molar-refractivity contribution in [1.29, 1.82) is 0 Å². The van der Waals surface area contributed by atoms with Gasteiger partial charge in [-0.05, 0) is 19.1 Å². The molecule has 2 aromatic rings. The number of aromatic nitrogens is 3. The number of para-hydroxylation sites is 1. The Balaban J connectivity index is 2.21. The van der Waals surface area contributed by atoms with E-state index in [1.54, 1.807) is 4.68 Å². The molecule has 1 heterocycles. The maximum Gasteiger partial charge on any atom is 0.0847 e. The summed E-state index contributed by atoms with van der Waals surface area (Å²) < 4.78 is 1.76. The first-order valence-corrected chi connectivity index (χ1v) is 4.98. The van der Waals surface area contributed by atoms with Gasteiger partial charge in [-0.1, -0.05) is 23.4 Å². The van der Waals surface area contributed by atoms with Gasteiger partial charge in [0.15, 0.2) is 0 Å². The van der Waals surface area contributed by atoms with Gasteiger partial charge < -0.3 is 5.73 Å². The predicted octanol–water partition coefficient (Wildman–Crippen LogP) is 1.16. The Morgan fingerprint density at radius 2 is 2.07 bits per heavy atom. The minimum absolute atomic E-state index is 0.117. The van der Waals surface area contributed by atoms with Gasteiger partial charge in [0, 0.05) is 12.5 Å². The Labute approximate surface area is 88.7 Å². The lowest BCUT2D eigenvalue weighted by Gasteiger charge is -1.99. The van der Waals surface area contributed by atoms with Crippen molar-refractivity contribution in [3.05, 3.63) is 42.2 Å². The summed E-state index contributed by atoms with van der Waals surface area (Å²) >= 11 is 0. The largest absolute Gasteiger partial charge is 0.328 e. The second kappa shape index (κ2) is 4.23. The molecule has 4 nitrogen and oxygen atoms in total. The number of nitrogens with zero attached hydrogens (tertiary/aromatic N) is 3. The van der Waals surface area contributed by atoms with Crippen molar-refractivity contribution in [3.8, 4) is 5.69 Å². The standard InChI is InChI=1S/C11H14N4/c1-9(12)7-10-8-15(14-13-10)11-5-3-2-4-6-11/h2-6,8-9H,7,12H2,1H3. The summed E-state index contributed by atoms with van der Waals surface area (Å²) in [7, 11) is 0. The molecule has 2 N–H and O–H groups in total. The zero-order chi connectivity index (χ0) is 10.7. The van der Waals surface area contributed by atoms with Gasteiger partial charge in [-0.3, -0.25) is 0 Å². The normalized spacial score (nSPS) is 12.7. The van der Waals surface area contributed by atoms with Crippen LogP contribution in [0.25, 0.3) is 5.69 Å². The minimum Gasteiger partial charge on any atom is -0.328 e. The molecule has 15 heavy (non-hydrogen) atoms. The summed E-state index contributed by atoms with van der Waals surface area (Å²) in [5, 5.41) is 8.12. The Morgan fingerprint density at radius 3 is 2.73 bits per heavy atom. The third kappa shape index (κ3) is 2.41. The van der Waals surface area contributed by atoms with Gasteiger partial charge in [0.2, 0.25) is 0 Å². The highest BCUT2D eigenvalue weighted by Gasteiger charge is 2.04. The first kappa shape index (κ1) is 9.86. The molecular formula is C11H14N4. The lowest BCUT2D eigenvalue weighted by Crippen LogP contribution is -2.17. The highest BCUT2D eigenvalue weighted by atomic mass is 15.4. The zero-order valence-corrected chi connectivity index (χ0v) is 8.67. The number of nitrogens with two attached hydrogens (primary N) is 1. The Morgan fingerprint density at radius 1 is 1.33 bits per heavy atom. The molecule has 78 valence electrons. The van der Waals surface area contributed by atoms with Gasteiger partial charge in [0.25, 0.3) is 0 Å². The van der Waals surface area contributed by atoms with Gasteiger partial charge in [0.1, 0.15) is 0 Å². The van der Waals surface area contributed by atoms with Crippen molar-refractivity contribution in [2.75, 3.05) is 0 Å². The Kier molecular flexibility index (Phi) is 2.78. The maximum atomic E-state index is 5.70. The average molecular weight is 202 g/mol. The van der Waals surface area contributed by atoms with Crippen LogP contribution < -0.4 is 5.73 Å². The first-order chi connectivity index (χ1) is 7.25. The van der Waals surface area contributed by atoms with E-state index in [0.717, 1.165) is 17.8 Å². The molecule has 0 fully saturated rings. The summed E-state index contributed by atoms with van der Waals surface area (Å²) in [6.45, 7) is 1.96. The highest BCUT2D eigenvalue weighted by Crippen LogP contribution is 2.06. The van der Waals surface area contributed by atoms with E-state index >= 15 is 0 Å². The van der Waals surface area contributed by atoms with Crippen LogP contribution in [0.2, 0.25) is 0 Å². The average Bonchev–Trinajstić information content (AvgIpc) is 2.67. The Bertz CT molecular complexity index is 419.